The van der Waals surface area contributed by atoms with Crippen LogP contribution in [0.25, 0.3) is 0 Å². The normalized spacial score (nSPS) is 22.3. The smallest absolute Gasteiger partial charge is 0.326 e. The van der Waals surface area contributed by atoms with Crippen LogP contribution in [0.1, 0.15) is 51.4 Å². The van der Waals surface area contributed by atoms with E-state index in [-0.39, 0.29) is 18.9 Å². The van der Waals surface area contributed by atoms with Crippen LogP contribution in [0.5, 0.6) is 0 Å². The number of rotatable bonds is 16. The summed E-state index contributed by atoms with van der Waals surface area (Å²) in [7, 11) is 0. The molecule has 3 aliphatic rings. The van der Waals surface area contributed by atoms with Crippen LogP contribution in [-0.4, -0.2) is 148 Å². The second-order valence-corrected chi connectivity index (χ2v) is 13.7. The molecule has 3 rings (SSSR count). The highest BCUT2D eigenvalue weighted by Crippen LogP contribution is 2.21. The van der Waals surface area contributed by atoms with Crippen molar-refractivity contribution in [1.29, 1.82) is 0 Å². The number of carbonyl (C=O) groups is 7. The summed E-state index contributed by atoms with van der Waals surface area (Å²) in [5, 5.41) is 17.2. The van der Waals surface area contributed by atoms with Crippen LogP contribution in [0.2, 0.25) is 0 Å². The second kappa shape index (κ2) is 18.3. The number of nitrogens with one attached hydrogen (secondary N) is 3. The molecular weight excluding hydrogens is 638 g/mol. The van der Waals surface area contributed by atoms with Crippen molar-refractivity contribution in [3.63, 3.8) is 0 Å². The Kier molecular flexibility index (Phi) is 14.9. The zero-order valence-corrected chi connectivity index (χ0v) is 28.2. The minimum Gasteiger partial charge on any atom is -0.480 e. The van der Waals surface area contributed by atoms with E-state index in [9.17, 15) is 38.7 Å². The number of carboxylic acid groups (broad SMARTS) is 1. The first-order chi connectivity index (χ1) is 22.0. The van der Waals surface area contributed by atoms with E-state index in [0.29, 0.717) is 70.3 Å². The highest BCUT2D eigenvalue weighted by molar-refractivity contribution is 7.98. The van der Waals surface area contributed by atoms with E-state index in [4.69, 9.17) is 5.73 Å². The van der Waals surface area contributed by atoms with Gasteiger partial charge >= 0.3 is 5.97 Å². The van der Waals surface area contributed by atoms with Crippen molar-refractivity contribution in [3.8, 4) is 0 Å². The largest absolute Gasteiger partial charge is 0.480 e. The molecule has 5 atom stereocenters. The summed E-state index contributed by atoms with van der Waals surface area (Å²) in [6.45, 7) is 0.296. The van der Waals surface area contributed by atoms with E-state index in [2.05, 4.69) is 16.0 Å². The van der Waals surface area contributed by atoms with Gasteiger partial charge in [0.25, 0.3) is 0 Å². The lowest BCUT2D eigenvalue weighted by Crippen LogP contribution is -2.56. The van der Waals surface area contributed by atoms with Crippen molar-refractivity contribution < 1.29 is 38.7 Å². The van der Waals surface area contributed by atoms with E-state index in [1.54, 1.807) is 11.8 Å². The summed E-state index contributed by atoms with van der Waals surface area (Å²) in [6, 6.07) is -4.12. The van der Waals surface area contributed by atoms with Gasteiger partial charge in [-0.15, -0.1) is 0 Å². The molecule has 0 aromatic heterocycles. The number of carboxylic acids is 1. The van der Waals surface area contributed by atoms with Gasteiger partial charge in [0.1, 0.15) is 24.2 Å². The number of aliphatic carboxylic acids is 1. The number of nitrogens with two attached hydrogens (primary N) is 1. The summed E-state index contributed by atoms with van der Waals surface area (Å²) >= 11 is 3.06. The Morgan fingerprint density at radius 2 is 1.24 bits per heavy atom. The summed E-state index contributed by atoms with van der Waals surface area (Å²) in [6.07, 6.45) is 7.55. The monoisotopic (exact) mass is 685 g/mol. The van der Waals surface area contributed by atoms with Crippen LogP contribution < -0.4 is 21.7 Å². The summed E-state index contributed by atoms with van der Waals surface area (Å²) in [5.74, 6) is -2.58. The van der Waals surface area contributed by atoms with Crippen molar-refractivity contribution in [2.75, 3.05) is 56.7 Å². The van der Waals surface area contributed by atoms with Crippen LogP contribution in [0.3, 0.4) is 0 Å². The fourth-order valence-corrected chi connectivity index (χ4v) is 7.05. The maximum Gasteiger partial charge on any atom is 0.326 e. The van der Waals surface area contributed by atoms with E-state index in [1.807, 2.05) is 12.5 Å². The molecule has 0 radical (unpaired) electrons. The number of hydrogen-bond acceptors (Lipinski definition) is 10. The van der Waals surface area contributed by atoms with E-state index in [1.165, 1.54) is 26.5 Å². The predicted octanol–water partition coefficient (Wildman–Crippen LogP) is -1.41. The molecular formula is C29H47N7O8S2. The zero-order valence-electron chi connectivity index (χ0n) is 26.5. The molecule has 3 heterocycles. The van der Waals surface area contributed by atoms with Crippen molar-refractivity contribution in [2.24, 2.45) is 5.73 Å². The first-order valence-electron chi connectivity index (χ1n) is 15.7. The zero-order chi connectivity index (χ0) is 33.8. The third-order valence-electron chi connectivity index (χ3n) is 8.59. The average molecular weight is 686 g/mol. The van der Waals surface area contributed by atoms with Crippen LogP contribution >= 0.6 is 23.5 Å². The Bertz CT molecular complexity index is 1140. The molecule has 0 saturated carbocycles. The quantitative estimate of drug-likeness (QED) is 0.127. The predicted molar refractivity (Wildman–Crippen MR) is 174 cm³/mol. The van der Waals surface area contributed by atoms with Gasteiger partial charge < -0.3 is 41.5 Å². The van der Waals surface area contributed by atoms with Gasteiger partial charge in [0, 0.05) is 19.6 Å². The van der Waals surface area contributed by atoms with Gasteiger partial charge in [-0.1, -0.05) is 0 Å². The molecule has 6 amide bonds. The van der Waals surface area contributed by atoms with Crippen molar-refractivity contribution in [1.82, 2.24) is 30.7 Å². The van der Waals surface area contributed by atoms with Crippen molar-refractivity contribution in [2.45, 2.75) is 81.6 Å². The molecule has 3 fully saturated rings. The number of amides is 6. The lowest BCUT2D eigenvalue weighted by molar-refractivity contribution is -0.148. The number of hydrogen-bond donors (Lipinski definition) is 5. The fraction of sp³-hybridized carbons (Fsp3) is 0.759. The summed E-state index contributed by atoms with van der Waals surface area (Å²) in [4.78, 5) is 93.5. The van der Waals surface area contributed by atoms with Gasteiger partial charge in [0.2, 0.25) is 35.4 Å². The third-order valence-corrected chi connectivity index (χ3v) is 9.88. The Balaban J connectivity index is 1.53. The standard InChI is InChI=1S/C29H47N7O8S2/c1-45-14-9-18(30)28(42)36-13-4-6-20(36)26(40)32-17-23(37)34-11-3-7-21(34)27(41)33-19(10-15-46-2)25(39)31-16-24(38)35-12-5-8-22(35)29(43)44/h18-22H,3-17,30H2,1-2H3,(H,31,39)(H,32,40)(H,33,41)(H,43,44)/t18-,19-,20-,21-,22-/m0/s1. The van der Waals surface area contributed by atoms with Crippen LogP contribution in [-0.2, 0) is 33.6 Å². The minimum absolute atomic E-state index is 0.278. The SMILES string of the molecule is CSCC[C@H](NC(=O)[C@@H]1CCCN1C(=O)CNC(=O)[C@@H]1CCCN1C(=O)[C@@H](N)CCSC)C(=O)NCC(=O)N1CCC[C@H]1C(=O)O. The number of nitrogens with zero attached hydrogens (tertiary/aromatic N) is 3. The average Bonchev–Trinajstić information content (AvgIpc) is 3.83. The van der Waals surface area contributed by atoms with Gasteiger partial charge in [-0.05, 0) is 75.4 Å². The molecule has 0 aromatic rings. The van der Waals surface area contributed by atoms with Crippen LogP contribution in [0, 0.1) is 0 Å². The second-order valence-electron chi connectivity index (χ2n) is 11.7. The first kappa shape index (κ1) is 37.4. The van der Waals surface area contributed by atoms with Crippen LogP contribution in [0.15, 0.2) is 0 Å². The van der Waals surface area contributed by atoms with E-state index >= 15 is 0 Å². The maximum absolute atomic E-state index is 13.3. The fourth-order valence-electron chi connectivity index (χ4n) is 6.09. The number of carbonyl (C=O) groups excluding carboxylic acids is 6. The minimum atomic E-state index is -1.09. The highest BCUT2D eigenvalue weighted by Gasteiger charge is 2.39. The van der Waals surface area contributed by atoms with Crippen molar-refractivity contribution in [3.05, 3.63) is 0 Å². The molecule has 0 aliphatic carbocycles. The number of likely N-dealkylation sites (tertiary alicyclic amines) is 3. The molecule has 46 heavy (non-hydrogen) atoms. The molecule has 0 unspecified atom stereocenters. The Morgan fingerprint density at radius 3 is 1.83 bits per heavy atom. The Labute approximate surface area is 277 Å². The van der Waals surface area contributed by atoms with Gasteiger partial charge in [0.15, 0.2) is 0 Å². The highest BCUT2D eigenvalue weighted by atomic mass is 32.2. The van der Waals surface area contributed by atoms with Crippen LogP contribution in [0.4, 0.5) is 0 Å². The third kappa shape index (κ3) is 9.97. The summed E-state index contributed by atoms with van der Waals surface area (Å²) < 4.78 is 0. The van der Waals surface area contributed by atoms with E-state index in [0.717, 1.165) is 5.75 Å². The van der Waals surface area contributed by atoms with Gasteiger partial charge in [-0.2, -0.15) is 23.5 Å². The lowest BCUT2D eigenvalue weighted by atomic mass is 10.1. The number of thioether (sulfide) groups is 2. The molecule has 6 N–H and O–H groups in total. The van der Waals surface area contributed by atoms with Gasteiger partial charge in [0.05, 0.1) is 19.1 Å². The Hall–Kier alpha value is -3.05. The molecule has 0 bridgehead atoms. The Morgan fingerprint density at radius 1 is 0.739 bits per heavy atom. The van der Waals surface area contributed by atoms with E-state index < -0.39 is 72.3 Å². The molecule has 17 heteroatoms. The molecule has 3 saturated heterocycles. The molecule has 0 aromatic carbocycles. The summed E-state index contributed by atoms with van der Waals surface area (Å²) in [5.41, 5.74) is 6.05. The van der Waals surface area contributed by atoms with Gasteiger partial charge in [-0.25, -0.2) is 4.79 Å². The lowest BCUT2D eigenvalue weighted by Gasteiger charge is -2.28. The molecule has 0 spiro atoms. The van der Waals surface area contributed by atoms with Gasteiger partial charge in [-0.3, -0.25) is 28.8 Å². The van der Waals surface area contributed by atoms with Crippen molar-refractivity contribution >= 4 is 64.9 Å². The molecule has 258 valence electrons. The molecule has 15 nitrogen and oxygen atoms in total. The molecule has 3 aliphatic heterocycles. The first-order valence-corrected chi connectivity index (χ1v) is 18.5. The topological polar surface area (TPSA) is 212 Å². The maximum atomic E-state index is 13.3.